The summed E-state index contributed by atoms with van der Waals surface area (Å²) in [6.45, 7) is 6.13. The highest BCUT2D eigenvalue weighted by atomic mass is 32.2. The lowest BCUT2D eigenvalue weighted by molar-refractivity contribution is -0.122. The molecule has 0 aromatic rings. The van der Waals surface area contributed by atoms with Gasteiger partial charge in [-0.25, -0.2) is 0 Å². The SMILES string of the molecule is CCC(CC)CNC(=O)C1CSCCN1. The van der Waals surface area contributed by atoms with Gasteiger partial charge in [-0.3, -0.25) is 4.79 Å². The average Bonchev–Trinajstić information content (AvgIpc) is 2.31. The molecule has 1 rings (SSSR count). The average molecular weight is 230 g/mol. The van der Waals surface area contributed by atoms with Gasteiger partial charge in [0, 0.05) is 24.6 Å². The van der Waals surface area contributed by atoms with E-state index in [1.54, 1.807) is 0 Å². The van der Waals surface area contributed by atoms with E-state index < -0.39 is 0 Å². The smallest absolute Gasteiger partial charge is 0.238 e. The first-order valence-corrected chi connectivity index (χ1v) is 7.02. The summed E-state index contributed by atoms with van der Waals surface area (Å²) >= 11 is 1.85. The van der Waals surface area contributed by atoms with Gasteiger partial charge in [0.15, 0.2) is 0 Å². The number of amides is 1. The minimum atomic E-state index is 0.0260. The van der Waals surface area contributed by atoms with E-state index in [4.69, 9.17) is 0 Å². The third-order valence-electron chi connectivity index (χ3n) is 2.96. The van der Waals surface area contributed by atoms with Crippen LogP contribution in [0.4, 0.5) is 0 Å². The van der Waals surface area contributed by atoms with Crippen molar-refractivity contribution in [3.05, 3.63) is 0 Å². The van der Waals surface area contributed by atoms with Crippen LogP contribution in [0.1, 0.15) is 26.7 Å². The predicted molar refractivity (Wildman–Crippen MR) is 66.2 cm³/mol. The van der Waals surface area contributed by atoms with Crippen molar-refractivity contribution in [1.29, 1.82) is 0 Å². The maximum atomic E-state index is 11.7. The molecule has 3 nitrogen and oxygen atoms in total. The summed E-state index contributed by atoms with van der Waals surface area (Å²) in [5, 5.41) is 6.29. The summed E-state index contributed by atoms with van der Waals surface area (Å²) in [6, 6.07) is 0.0260. The van der Waals surface area contributed by atoms with Gasteiger partial charge in [0.1, 0.15) is 0 Å². The molecule has 0 spiro atoms. The summed E-state index contributed by atoms with van der Waals surface area (Å²) in [5.41, 5.74) is 0. The molecule has 15 heavy (non-hydrogen) atoms. The summed E-state index contributed by atoms with van der Waals surface area (Å²) in [4.78, 5) is 11.7. The van der Waals surface area contributed by atoms with Crippen molar-refractivity contribution < 1.29 is 4.79 Å². The highest BCUT2D eigenvalue weighted by Crippen LogP contribution is 2.09. The molecule has 1 atom stereocenters. The van der Waals surface area contributed by atoms with Gasteiger partial charge in [-0.15, -0.1) is 0 Å². The molecular weight excluding hydrogens is 208 g/mol. The highest BCUT2D eigenvalue weighted by molar-refractivity contribution is 7.99. The van der Waals surface area contributed by atoms with Crippen molar-refractivity contribution in [2.45, 2.75) is 32.7 Å². The van der Waals surface area contributed by atoms with Gasteiger partial charge in [0.05, 0.1) is 6.04 Å². The third kappa shape index (κ3) is 4.43. The van der Waals surface area contributed by atoms with Crippen LogP contribution in [0, 0.1) is 5.92 Å². The van der Waals surface area contributed by atoms with E-state index in [1.807, 2.05) is 11.8 Å². The summed E-state index contributed by atoms with van der Waals surface area (Å²) in [5.74, 6) is 2.84. The molecule has 1 aliphatic rings. The number of carbonyl (C=O) groups is 1. The molecule has 0 bridgehead atoms. The quantitative estimate of drug-likeness (QED) is 0.747. The normalized spacial score (nSPS) is 21.7. The number of thioether (sulfide) groups is 1. The maximum absolute atomic E-state index is 11.7. The zero-order valence-electron chi connectivity index (χ0n) is 9.71. The molecule has 1 amide bonds. The van der Waals surface area contributed by atoms with Crippen LogP contribution < -0.4 is 10.6 Å². The molecule has 88 valence electrons. The Morgan fingerprint density at radius 2 is 2.27 bits per heavy atom. The Morgan fingerprint density at radius 3 is 2.80 bits per heavy atom. The van der Waals surface area contributed by atoms with E-state index in [0.29, 0.717) is 5.92 Å². The van der Waals surface area contributed by atoms with Gasteiger partial charge >= 0.3 is 0 Å². The number of carbonyl (C=O) groups excluding carboxylic acids is 1. The van der Waals surface area contributed by atoms with E-state index >= 15 is 0 Å². The second-order valence-corrected chi connectivity index (χ2v) is 5.16. The first kappa shape index (κ1) is 12.8. The first-order valence-electron chi connectivity index (χ1n) is 5.86. The monoisotopic (exact) mass is 230 g/mol. The van der Waals surface area contributed by atoms with Crippen LogP contribution in [-0.2, 0) is 4.79 Å². The molecule has 4 heteroatoms. The van der Waals surface area contributed by atoms with E-state index in [9.17, 15) is 4.79 Å². The molecule has 0 saturated carbocycles. The van der Waals surface area contributed by atoms with Crippen molar-refractivity contribution in [1.82, 2.24) is 10.6 Å². The zero-order valence-corrected chi connectivity index (χ0v) is 10.5. The molecule has 0 radical (unpaired) electrons. The fourth-order valence-electron chi connectivity index (χ4n) is 1.68. The van der Waals surface area contributed by atoms with Gasteiger partial charge in [-0.2, -0.15) is 11.8 Å². The zero-order chi connectivity index (χ0) is 11.1. The predicted octanol–water partition coefficient (Wildman–Crippen LogP) is 1.24. The minimum Gasteiger partial charge on any atom is -0.354 e. The van der Waals surface area contributed by atoms with Crippen molar-refractivity contribution in [2.24, 2.45) is 5.92 Å². The fraction of sp³-hybridized carbons (Fsp3) is 0.909. The Kier molecular flexibility index (Phi) is 6.10. The van der Waals surface area contributed by atoms with Gasteiger partial charge in [0.2, 0.25) is 5.91 Å². The lowest BCUT2D eigenvalue weighted by atomic mass is 10.0. The molecule has 1 aliphatic heterocycles. The maximum Gasteiger partial charge on any atom is 0.238 e. The van der Waals surface area contributed by atoms with Crippen LogP contribution >= 0.6 is 11.8 Å². The molecule has 0 aromatic heterocycles. The summed E-state index contributed by atoms with van der Waals surface area (Å²) < 4.78 is 0. The summed E-state index contributed by atoms with van der Waals surface area (Å²) in [7, 11) is 0. The lowest BCUT2D eigenvalue weighted by Gasteiger charge is -2.23. The molecular formula is C11H22N2OS. The van der Waals surface area contributed by atoms with E-state index in [1.165, 1.54) is 0 Å². The molecule has 1 saturated heterocycles. The van der Waals surface area contributed by atoms with E-state index in [-0.39, 0.29) is 11.9 Å². The van der Waals surface area contributed by atoms with Crippen molar-refractivity contribution in [3.8, 4) is 0 Å². The topological polar surface area (TPSA) is 41.1 Å². The van der Waals surface area contributed by atoms with Gasteiger partial charge < -0.3 is 10.6 Å². The third-order valence-corrected chi connectivity index (χ3v) is 4.02. The van der Waals surface area contributed by atoms with Crippen molar-refractivity contribution in [3.63, 3.8) is 0 Å². The van der Waals surface area contributed by atoms with Crippen LogP contribution in [-0.4, -0.2) is 36.5 Å². The molecule has 1 unspecified atom stereocenters. The highest BCUT2D eigenvalue weighted by Gasteiger charge is 2.20. The molecule has 0 aliphatic carbocycles. The molecule has 1 heterocycles. The Hall–Kier alpha value is -0.220. The van der Waals surface area contributed by atoms with Crippen LogP contribution in [0.3, 0.4) is 0 Å². The molecule has 0 aromatic carbocycles. The van der Waals surface area contributed by atoms with Crippen molar-refractivity contribution in [2.75, 3.05) is 24.6 Å². The molecule has 1 fully saturated rings. The number of nitrogens with one attached hydrogen (secondary N) is 2. The minimum absolute atomic E-state index is 0.0260. The number of hydrogen-bond donors (Lipinski definition) is 2. The van der Waals surface area contributed by atoms with Crippen molar-refractivity contribution >= 4 is 17.7 Å². The van der Waals surface area contributed by atoms with E-state index in [2.05, 4.69) is 24.5 Å². The van der Waals surface area contributed by atoms with Gasteiger partial charge in [-0.1, -0.05) is 26.7 Å². The Morgan fingerprint density at radius 1 is 1.53 bits per heavy atom. The Bertz CT molecular complexity index is 189. The van der Waals surface area contributed by atoms with E-state index in [0.717, 1.165) is 37.4 Å². The fourth-order valence-corrected chi connectivity index (χ4v) is 2.61. The standard InChI is InChI=1S/C11H22N2OS/c1-3-9(4-2)7-13-11(14)10-8-15-6-5-12-10/h9-10,12H,3-8H2,1-2H3,(H,13,14). The Labute approximate surface area is 96.8 Å². The van der Waals surface area contributed by atoms with Crippen LogP contribution in [0.5, 0.6) is 0 Å². The number of rotatable bonds is 5. The summed E-state index contributed by atoms with van der Waals surface area (Å²) in [6.07, 6.45) is 2.28. The van der Waals surface area contributed by atoms with Crippen LogP contribution in [0.25, 0.3) is 0 Å². The number of hydrogen-bond acceptors (Lipinski definition) is 3. The lowest BCUT2D eigenvalue weighted by Crippen LogP contribution is -2.49. The first-order chi connectivity index (χ1) is 7.27. The largest absolute Gasteiger partial charge is 0.354 e. The van der Waals surface area contributed by atoms with Crippen LogP contribution in [0.15, 0.2) is 0 Å². The second-order valence-electron chi connectivity index (χ2n) is 4.01. The van der Waals surface area contributed by atoms with Gasteiger partial charge in [0.25, 0.3) is 0 Å². The molecule has 2 N–H and O–H groups in total. The second kappa shape index (κ2) is 7.12. The Balaban J connectivity index is 2.22. The van der Waals surface area contributed by atoms with Crippen LogP contribution in [0.2, 0.25) is 0 Å². The van der Waals surface area contributed by atoms with Gasteiger partial charge in [-0.05, 0) is 5.92 Å².